The van der Waals surface area contributed by atoms with Gasteiger partial charge in [-0.2, -0.15) is 4.98 Å². The summed E-state index contributed by atoms with van der Waals surface area (Å²) < 4.78 is 21.1. The maximum Gasteiger partial charge on any atom is 0.329 e. The minimum absolute atomic E-state index is 0.0190. The molecule has 2 unspecified atom stereocenters. The van der Waals surface area contributed by atoms with Crippen LogP contribution >= 0.6 is 23.2 Å². The first-order chi connectivity index (χ1) is 20.2. The molecule has 0 radical (unpaired) electrons. The zero-order chi connectivity index (χ0) is 29.9. The standard InChI is InChI=1S/C24H21Cl2N7O9/c1-2-30-14-27-10-21(30)15-3-6-17(7-4-15)38-11-18-12-39-24(40-18,19-8-5-16(25)9-20(19)26)13-31-23(42-33(36)37)28-22(29-31)41-32(34)35/h3-10,14,18H,2,11-13H2,1H3. The van der Waals surface area contributed by atoms with E-state index in [1.54, 1.807) is 24.7 Å². The Labute approximate surface area is 246 Å². The lowest BCUT2D eigenvalue weighted by Gasteiger charge is -2.29. The molecule has 0 bridgehead atoms. The molecule has 3 heterocycles. The van der Waals surface area contributed by atoms with E-state index in [1.165, 1.54) is 6.07 Å². The highest BCUT2D eigenvalue weighted by molar-refractivity contribution is 6.35. The molecule has 1 aliphatic rings. The van der Waals surface area contributed by atoms with Crippen LogP contribution in [0, 0.1) is 20.2 Å². The van der Waals surface area contributed by atoms with E-state index in [0.29, 0.717) is 16.3 Å². The quantitative estimate of drug-likeness (QED) is 0.164. The number of aryl methyl sites for hydroxylation is 1. The molecule has 42 heavy (non-hydrogen) atoms. The molecule has 5 rings (SSSR count). The predicted octanol–water partition coefficient (Wildman–Crippen LogP) is 3.96. The Morgan fingerprint density at radius 3 is 2.57 bits per heavy atom. The van der Waals surface area contributed by atoms with Crippen LogP contribution in [0.2, 0.25) is 10.0 Å². The zero-order valence-electron chi connectivity index (χ0n) is 21.7. The van der Waals surface area contributed by atoms with Gasteiger partial charge in [-0.05, 0) is 43.3 Å². The van der Waals surface area contributed by atoms with E-state index in [4.69, 9.17) is 37.4 Å². The fourth-order valence-electron chi connectivity index (χ4n) is 4.33. The van der Waals surface area contributed by atoms with E-state index in [1.807, 2.05) is 35.8 Å². The lowest BCUT2D eigenvalue weighted by Crippen LogP contribution is -2.35. The minimum atomic E-state index is -1.70. The van der Waals surface area contributed by atoms with Gasteiger partial charge in [0.15, 0.2) is 0 Å². The molecule has 1 aliphatic heterocycles. The minimum Gasteiger partial charge on any atom is -0.491 e. The van der Waals surface area contributed by atoms with Crippen LogP contribution < -0.4 is 14.4 Å². The van der Waals surface area contributed by atoms with Gasteiger partial charge in [0.25, 0.3) is 0 Å². The first-order valence-corrected chi connectivity index (χ1v) is 13.0. The fourth-order valence-corrected chi connectivity index (χ4v) is 4.88. The smallest absolute Gasteiger partial charge is 0.329 e. The topological polar surface area (TPSA) is 181 Å². The van der Waals surface area contributed by atoms with E-state index in [0.717, 1.165) is 22.5 Å². The van der Waals surface area contributed by atoms with Gasteiger partial charge in [-0.25, -0.2) is 19.3 Å². The van der Waals surface area contributed by atoms with Crippen molar-refractivity contribution < 1.29 is 34.1 Å². The summed E-state index contributed by atoms with van der Waals surface area (Å²) in [6.07, 6.45) is 2.91. The van der Waals surface area contributed by atoms with E-state index < -0.39 is 40.6 Å². The van der Waals surface area contributed by atoms with Gasteiger partial charge in [0.2, 0.25) is 5.79 Å². The lowest BCUT2D eigenvalue weighted by atomic mass is 10.1. The molecule has 2 aromatic carbocycles. The first-order valence-electron chi connectivity index (χ1n) is 12.3. The third-order valence-corrected chi connectivity index (χ3v) is 6.68. The highest BCUT2D eigenvalue weighted by Crippen LogP contribution is 2.41. The SMILES string of the molecule is CCn1cncc1-c1ccc(OCC2COC(Cn3nc(O[N+](=O)[O-])nc3O[N+](=O)[O-])(c3ccc(Cl)cc3Cl)O2)cc1. The molecular weight excluding hydrogens is 601 g/mol. The number of benzene rings is 2. The lowest BCUT2D eigenvalue weighted by molar-refractivity contribution is -0.715. The molecule has 0 amide bonds. The Bertz CT molecular complexity index is 1600. The van der Waals surface area contributed by atoms with Crippen molar-refractivity contribution in [2.45, 2.75) is 31.9 Å². The Kier molecular flexibility index (Phi) is 8.39. The number of hydrogen-bond acceptors (Lipinski definition) is 12. The first kappa shape index (κ1) is 29.0. The number of imidazole rings is 1. The molecule has 0 saturated carbocycles. The van der Waals surface area contributed by atoms with Crippen molar-refractivity contribution in [2.24, 2.45) is 0 Å². The number of hydrogen-bond donors (Lipinski definition) is 0. The summed E-state index contributed by atoms with van der Waals surface area (Å²) in [6, 6.07) is 10.5. The van der Waals surface area contributed by atoms with Crippen molar-refractivity contribution in [2.75, 3.05) is 13.2 Å². The summed E-state index contributed by atoms with van der Waals surface area (Å²) in [5, 5.41) is 23.8. The number of nitrogens with zero attached hydrogens (tertiary/aromatic N) is 7. The maximum absolute atomic E-state index is 11.0. The largest absolute Gasteiger partial charge is 0.491 e. The van der Waals surface area contributed by atoms with Crippen LogP contribution in [-0.4, -0.2) is 53.8 Å². The van der Waals surface area contributed by atoms with Crippen LogP contribution in [0.3, 0.4) is 0 Å². The second kappa shape index (κ2) is 12.2. The average molecular weight is 622 g/mol. The van der Waals surface area contributed by atoms with Gasteiger partial charge in [0, 0.05) is 22.7 Å². The Hall–Kier alpha value is -4.51. The highest BCUT2D eigenvalue weighted by Gasteiger charge is 2.46. The predicted molar refractivity (Wildman–Crippen MR) is 143 cm³/mol. The van der Waals surface area contributed by atoms with Crippen LogP contribution in [0.4, 0.5) is 0 Å². The third-order valence-electron chi connectivity index (χ3n) is 6.13. The van der Waals surface area contributed by atoms with Crippen LogP contribution in [0.5, 0.6) is 17.8 Å². The van der Waals surface area contributed by atoms with Crippen LogP contribution in [-0.2, 0) is 28.4 Å². The molecule has 1 fully saturated rings. The van der Waals surface area contributed by atoms with E-state index in [9.17, 15) is 20.2 Å². The molecule has 2 atom stereocenters. The van der Waals surface area contributed by atoms with Crippen LogP contribution in [0.25, 0.3) is 11.3 Å². The van der Waals surface area contributed by atoms with E-state index in [2.05, 4.69) is 24.7 Å². The molecule has 4 aromatic rings. The van der Waals surface area contributed by atoms with Gasteiger partial charge in [0.05, 0.1) is 29.8 Å². The van der Waals surface area contributed by atoms with Gasteiger partial charge < -0.3 is 18.8 Å². The number of aromatic nitrogens is 5. The molecule has 16 nitrogen and oxygen atoms in total. The number of rotatable bonds is 12. The molecular formula is C24H21Cl2N7O9. The van der Waals surface area contributed by atoms with E-state index >= 15 is 0 Å². The summed E-state index contributed by atoms with van der Waals surface area (Å²) in [4.78, 5) is 38.2. The third kappa shape index (κ3) is 6.36. The van der Waals surface area contributed by atoms with Crippen LogP contribution in [0.15, 0.2) is 55.0 Å². The van der Waals surface area contributed by atoms with E-state index in [-0.39, 0.29) is 18.2 Å². The maximum atomic E-state index is 11.0. The van der Waals surface area contributed by atoms with Gasteiger partial charge in [-0.1, -0.05) is 29.3 Å². The number of halogens is 2. The number of ether oxygens (including phenoxy) is 3. The summed E-state index contributed by atoms with van der Waals surface area (Å²) >= 11 is 12.6. The highest BCUT2D eigenvalue weighted by atomic mass is 35.5. The van der Waals surface area contributed by atoms with Gasteiger partial charge in [-0.15, -0.1) is 25.3 Å². The monoisotopic (exact) mass is 621 g/mol. The second-order valence-electron chi connectivity index (χ2n) is 8.79. The fraction of sp³-hybridized carbons (Fsp3) is 0.292. The molecule has 0 aliphatic carbocycles. The summed E-state index contributed by atoms with van der Waals surface area (Å²) in [5.74, 6) is -1.13. The van der Waals surface area contributed by atoms with Crippen molar-refractivity contribution in [1.82, 2.24) is 24.3 Å². The molecule has 0 N–H and O–H groups in total. The van der Waals surface area contributed by atoms with Crippen molar-refractivity contribution in [1.29, 1.82) is 0 Å². The molecule has 18 heteroatoms. The van der Waals surface area contributed by atoms with Crippen LogP contribution in [0.1, 0.15) is 12.5 Å². The normalized spacial score (nSPS) is 18.1. The van der Waals surface area contributed by atoms with Gasteiger partial charge >= 0.3 is 22.2 Å². The Morgan fingerprint density at radius 2 is 1.88 bits per heavy atom. The van der Waals surface area contributed by atoms with Crippen molar-refractivity contribution in [3.63, 3.8) is 0 Å². The summed E-state index contributed by atoms with van der Waals surface area (Å²) in [7, 11) is 0. The zero-order valence-corrected chi connectivity index (χ0v) is 23.2. The summed E-state index contributed by atoms with van der Waals surface area (Å²) in [5.41, 5.74) is 2.24. The molecule has 220 valence electrons. The molecule has 0 spiro atoms. The Balaban J connectivity index is 1.37. The van der Waals surface area contributed by atoms with Crippen molar-refractivity contribution in [3.05, 3.63) is 90.8 Å². The van der Waals surface area contributed by atoms with Gasteiger partial charge in [-0.3, -0.25) is 0 Å². The van der Waals surface area contributed by atoms with Gasteiger partial charge in [0.1, 0.15) is 25.0 Å². The van der Waals surface area contributed by atoms with Crippen molar-refractivity contribution >= 4 is 23.2 Å². The average Bonchev–Trinajstić information content (AvgIpc) is 3.67. The Morgan fingerprint density at radius 1 is 1.12 bits per heavy atom. The molecule has 1 saturated heterocycles. The second-order valence-corrected chi connectivity index (χ2v) is 9.64. The molecule has 2 aromatic heterocycles. The summed E-state index contributed by atoms with van der Waals surface area (Å²) in [6.45, 7) is 2.46. The van der Waals surface area contributed by atoms with Crippen molar-refractivity contribution in [3.8, 4) is 29.0 Å².